The van der Waals surface area contributed by atoms with E-state index in [2.05, 4.69) is 53.5 Å². The molecule has 0 aromatic rings. The van der Waals surface area contributed by atoms with E-state index >= 15 is 0 Å². The van der Waals surface area contributed by atoms with E-state index in [9.17, 15) is 18.0 Å². The summed E-state index contributed by atoms with van der Waals surface area (Å²) in [4.78, 5) is 14.1. The van der Waals surface area contributed by atoms with E-state index in [0.717, 1.165) is 46.0 Å². The molecule has 45 heavy (non-hydrogen) atoms. The van der Waals surface area contributed by atoms with Gasteiger partial charge in [0, 0.05) is 13.1 Å². The van der Waals surface area contributed by atoms with Crippen molar-refractivity contribution in [1.82, 2.24) is 9.80 Å². The molecule has 3 fully saturated rings. The molecule has 1 amide bonds. The van der Waals surface area contributed by atoms with Crippen LogP contribution in [0.25, 0.3) is 0 Å². The Bertz CT molecular complexity index is 733. The zero-order valence-electron chi connectivity index (χ0n) is 29.6. The molecule has 0 bridgehead atoms. The summed E-state index contributed by atoms with van der Waals surface area (Å²) in [6, 6.07) is 0. The van der Waals surface area contributed by atoms with Crippen LogP contribution in [0, 0.1) is 41.4 Å². The highest BCUT2D eigenvalue weighted by molar-refractivity contribution is 5.82. The number of amides is 1. The van der Waals surface area contributed by atoms with Gasteiger partial charge in [-0.25, -0.2) is 0 Å². The number of carbonyl (C=O) groups excluding carboxylic acids is 1. The molecule has 0 aromatic heterocycles. The lowest BCUT2D eigenvalue weighted by Crippen LogP contribution is -2.43. The summed E-state index contributed by atoms with van der Waals surface area (Å²) >= 11 is 0. The molecule has 0 spiro atoms. The Labute approximate surface area is 279 Å². The first-order valence-electron chi connectivity index (χ1n) is 17.9. The Morgan fingerprint density at radius 3 is 1.31 bits per heavy atom. The van der Waals surface area contributed by atoms with Gasteiger partial charge >= 0.3 is 12.1 Å². The van der Waals surface area contributed by atoms with Gasteiger partial charge < -0.3 is 9.80 Å². The quantitative estimate of drug-likeness (QED) is 0.284. The Balaban J connectivity index is 0. The third-order valence-corrected chi connectivity index (χ3v) is 10.4. The van der Waals surface area contributed by atoms with Crippen molar-refractivity contribution in [1.29, 1.82) is 0 Å². The summed E-state index contributed by atoms with van der Waals surface area (Å²) in [7, 11) is 2.22. The molecule has 0 atom stereocenters. The number of likely N-dealkylation sites (tertiary alicyclic amines) is 1. The highest BCUT2D eigenvalue weighted by Gasteiger charge is 2.42. The van der Waals surface area contributed by atoms with Crippen LogP contribution in [0.3, 0.4) is 0 Å². The zero-order valence-corrected chi connectivity index (χ0v) is 29.6. The normalized spacial score (nSPS) is 20.5. The molecular formula is C39H77F3N2O. The van der Waals surface area contributed by atoms with Gasteiger partial charge in [0.05, 0.1) is 0 Å². The van der Waals surface area contributed by atoms with E-state index in [1.807, 2.05) is 13.8 Å². The van der Waals surface area contributed by atoms with Gasteiger partial charge in [-0.2, -0.15) is 13.2 Å². The lowest BCUT2D eigenvalue weighted by atomic mass is 9.82. The van der Waals surface area contributed by atoms with Crippen LogP contribution >= 0.6 is 0 Å². The molecule has 4 aliphatic rings. The minimum Gasteiger partial charge on any atom is -0.331 e. The molecule has 4 rings (SSSR count). The molecule has 1 saturated heterocycles. The second-order valence-electron chi connectivity index (χ2n) is 15.1. The molecule has 2 aliphatic heterocycles. The standard InChI is InChI=1S/C10H14F3NO.C9H19N.2C9H18.2CH4/c1-7(2)8-3-5-14(6-4-8)9(15)10(11,12)13;1-8(2)9-4-6-10(3)7-5-9;2*1-8(2)9-6-4-3-5-7-9;;/h3,7H,4-6H2,1-2H3;8-9H,4-7H2,1-3H3;2*8-9H,3-7H2,1-2H3;2*1H4. The van der Waals surface area contributed by atoms with Gasteiger partial charge in [-0.3, -0.25) is 4.79 Å². The highest BCUT2D eigenvalue weighted by atomic mass is 19.4. The van der Waals surface area contributed by atoms with Crippen LogP contribution in [0.4, 0.5) is 13.2 Å². The number of halogens is 3. The number of hydrogen-bond donors (Lipinski definition) is 0. The van der Waals surface area contributed by atoms with Crippen molar-refractivity contribution in [3.63, 3.8) is 0 Å². The summed E-state index contributed by atoms with van der Waals surface area (Å²) in [5.41, 5.74) is 1.13. The van der Waals surface area contributed by atoms with Gasteiger partial charge in [0.25, 0.3) is 0 Å². The van der Waals surface area contributed by atoms with Crippen LogP contribution in [-0.2, 0) is 4.79 Å². The molecule has 270 valence electrons. The van der Waals surface area contributed by atoms with Crippen molar-refractivity contribution in [3.05, 3.63) is 11.6 Å². The van der Waals surface area contributed by atoms with E-state index < -0.39 is 12.1 Å². The van der Waals surface area contributed by atoms with Gasteiger partial charge in [0.15, 0.2) is 0 Å². The van der Waals surface area contributed by atoms with Crippen molar-refractivity contribution in [2.75, 3.05) is 33.2 Å². The van der Waals surface area contributed by atoms with E-state index in [-0.39, 0.29) is 27.9 Å². The minimum absolute atomic E-state index is 0. The summed E-state index contributed by atoms with van der Waals surface area (Å²) < 4.78 is 36.2. The maximum atomic E-state index is 12.1. The molecule has 0 unspecified atom stereocenters. The number of piperidine rings is 1. The number of rotatable bonds is 4. The van der Waals surface area contributed by atoms with E-state index in [0.29, 0.717) is 12.3 Å². The summed E-state index contributed by atoms with van der Waals surface area (Å²) in [5.74, 6) is 4.48. The smallest absolute Gasteiger partial charge is 0.331 e. The SMILES string of the molecule is C.C.CC(C)C1=CCN(C(=O)C(F)(F)F)CC1.CC(C)C1CCCCC1.CC(C)C1CCCCC1.CC(C)C1CCN(C)CC1. The number of carbonyl (C=O) groups is 1. The Morgan fingerprint density at radius 2 is 1.04 bits per heavy atom. The van der Waals surface area contributed by atoms with E-state index in [1.54, 1.807) is 6.08 Å². The first-order chi connectivity index (χ1) is 20.1. The van der Waals surface area contributed by atoms with Crippen LogP contribution in [0.15, 0.2) is 11.6 Å². The summed E-state index contributed by atoms with van der Waals surface area (Å²) in [6.07, 6.45) is 15.3. The fraction of sp³-hybridized carbons (Fsp3) is 0.923. The summed E-state index contributed by atoms with van der Waals surface area (Å²) in [5, 5.41) is 0. The van der Waals surface area contributed by atoms with Crippen LogP contribution in [0.2, 0.25) is 0 Å². The van der Waals surface area contributed by atoms with Gasteiger partial charge in [-0.05, 0) is 80.8 Å². The number of alkyl halides is 3. The molecule has 2 aliphatic carbocycles. The topological polar surface area (TPSA) is 23.6 Å². The van der Waals surface area contributed by atoms with Crippen molar-refractivity contribution >= 4 is 5.91 Å². The predicted octanol–water partition coefficient (Wildman–Crippen LogP) is 12.1. The third-order valence-electron chi connectivity index (χ3n) is 10.4. The van der Waals surface area contributed by atoms with Crippen LogP contribution in [-0.4, -0.2) is 55.1 Å². The van der Waals surface area contributed by atoms with E-state index in [1.165, 1.54) is 90.1 Å². The van der Waals surface area contributed by atoms with Crippen molar-refractivity contribution in [2.45, 2.75) is 160 Å². The van der Waals surface area contributed by atoms with E-state index in [4.69, 9.17) is 0 Å². The van der Waals surface area contributed by atoms with Crippen LogP contribution in [0.1, 0.15) is 154 Å². The van der Waals surface area contributed by atoms with Crippen molar-refractivity contribution < 1.29 is 18.0 Å². The molecule has 0 N–H and O–H groups in total. The van der Waals surface area contributed by atoms with Gasteiger partial charge in [0.2, 0.25) is 0 Å². The molecule has 0 aromatic carbocycles. The Morgan fingerprint density at radius 1 is 0.667 bits per heavy atom. The fourth-order valence-electron chi connectivity index (χ4n) is 6.87. The fourth-order valence-corrected chi connectivity index (χ4v) is 6.87. The lowest BCUT2D eigenvalue weighted by Gasteiger charge is -2.31. The number of nitrogens with zero attached hydrogens (tertiary/aromatic N) is 2. The van der Waals surface area contributed by atoms with Crippen molar-refractivity contribution in [2.24, 2.45) is 41.4 Å². The second-order valence-corrected chi connectivity index (χ2v) is 15.1. The highest BCUT2D eigenvalue weighted by Crippen LogP contribution is 2.30. The first-order valence-corrected chi connectivity index (χ1v) is 17.9. The number of hydrogen-bond acceptors (Lipinski definition) is 2. The zero-order chi connectivity index (χ0) is 32.6. The summed E-state index contributed by atoms with van der Waals surface area (Å²) in [6.45, 7) is 21.0. The molecular weight excluding hydrogens is 569 g/mol. The Kier molecular flexibility index (Phi) is 24.7. The maximum absolute atomic E-state index is 12.1. The van der Waals surface area contributed by atoms with Crippen molar-refractivity contribution in [3.8, 4) is 0 Å². The molecule has 6 heteroatoms. The van der Waals surface area contributed by atoms with Crippen LogP contribution < -0.4 is 0 Å². The first kappa shape index (κ1) is 46.1. The largest absolute Gasteiger partial charge is 0.471 e. The Hall–Kier alpha value is -1.04. The molecule has 0 radical (unpaired) electrons. The second kappa shape index (κ2) is 24.2. The van der Waals surface area contributed by atoms with Crippen LogP contribution in [0.5, 0.6) is 0 Å². The maximum Gasteiger partial charge on any atom is 0.471 e. The monoisotopic (exact) mass is 647 g/mol. The minimum atomic E-state index is -4.75. The molecule has 2 saturated carbocycles. The molecule has 3 nitrogen and oxygen atoms in total. The predicted molar refractivity (Wildman–Crippen MR) is 192 cm³/mol. The van der Waals surface area contributed by atoms with Gasteiger partial charge in [0.1, 0.15) is 0 Å². The third kappa shape index (κ3) is 19.4. The lowest BCUT2D eigenvalue weighted by molar-refractivity contribution is -0.185. The average molecular weight is 647 g/mol. The van der Waals surface area contributed by atoms with Gasteiger partial charge in [-0.15, -0.1) is 0 Å². The van der Waals surface area contributed by atoms with Gasteiger partial charge in [-0.1, -0.05) is 146 Å². The molecule has 2 heterocycles. The average Bonchev–Trinajstić information content (AvgIpc) is 2.98.